The van der Waals surface area contributed by atoms with Gasteiger partial charge in [0.2, 0.25) is 0 Å². The van der Waals surface area contributed by atoms with Gasteiger partial charge < -0.3 is 4.74 Å². The maximum atomic E-state index is 12.6. The summed E-state index contributed by atoms with van der Waals surface area (Å²) >= 11 is 5.73. The molecule has 0 unspecified atom stereocenters. The second kappa shape index (κ2) is 7.23. The summed E-state index contributed by atoms with van der Waals surface area (Å²) < 4.78 is 31.5. The minimum Gasteiger partial charge on any atom is -0.383 e. The summed E-state index contributed by atoms with van der Waals surface area (Å²) in [6.45, 7) is 5.00. The maximum absolute atomic E-state index is 12.6. The van der Waals surface area contributed by atoms with E-state index in [1.54, 1.807) is 7.11 Å². The third-order valence-electron chi connectivity index (χ3n) is 2.53. The molecular formula is C11H20ClN3O3S. The molecule has 8 heteroatoms. The van der Waals surface area contributed by atoms with Crippen molar-refractivity contribution < 1.29 is 13.2 Å². The molecule has 0 atom stereocenters. The van der Waals surface area contributed by atoms with Gasteiger partial charge in [0.15, 0.2) is 5.03 Å². The summed E-state index contributed by atoms with van der Waals surface area (Å²) in [6.07, 6.45) is 1.43. The lowest BCUT2D eigenvalue weighted by molar-refractivity contribution is 0.175. The number of alkyl halides is 1. The lowest BCUT2D eigenvalue weighted by Gasteiger charge is -2.23. The number of methoxy groups -OCH3 is 1. The number of aromatic amines is 1. The predicted octanol–water partition coefficient (Wildman–Crippen LogP) is 1.44. The van der Waals surface area contributed by atoms with E-state index in [1.807, 2.05) is 13.8 Å². The summed E-state index contributed by atoms with van der Waals surface area (Å²) in [4.78, 5) is 0. The number of hydrogen-bond acceptors (Lipinski definition) is 4. The second-order valence-corrected chi connectivity index (χ2v) is 6.75. The van der Waals surface area contributed by atoms with Crippen molar-refractivity contribution in [1.29, 1.82) is 0 Å². The quantitative estimate of drug-likeness (QED) is 0.737. The molecule has 0 aliphatic rings. The third kappa shape index (κ3) is 4.17. The van der Waals surface area contributed by atoms with E-state index in [9.17, 15) is 8.42 Å². The van der Waals surface area contributed by atoms with E-state index in [0.717, 1.165) is 0 Å². The Morgan fingerprint density at radius 1 is 1.53 bits per heavy atom. The van der Waals surface area contributed by atoms with E-state index >= 15 is 0 Å². The number of H-pyrrole nitrogens is 1. The highest BCUT2D eigenvalue weighted by Crippen LogP contribution is 2.20. The molecule has 0 radical (unpaired) electrons. The molecule has 1 N–H and O–H groups in total. The Bertz CT molecular complexity index is 487. The first-order valence-corrected chi connectivity index (χ1v) is 7.98. The van der Waals surface area contributed by atoms with Crippen molar-refractivity contribution in [3.63, 3.8) is 0 Å². The van der Waals surface area contributed by atoms with Crippen LogP contribution in [-0.4, -0.2) is 49.7 Å². The van der Waals surface area contributed by atoms with Gasteiger partial charge in [-0.05, 0) is 5.92 Å². The highest BCUT2D eigenvalue weighted by molar-refractivity contribution is 7.89. The zero-order chi connectivity index (χ0) is 14.5. The number of ether oxygens (including phenoxy) is 1. The normalized spacial score (nSPS) is 12.5. The van der Waals surface area contributed by atoms with Crippen molar-refractivity contribution >= 4 is 21.6 Å². The molecule has 0 fully saturated rings. The van der Waals surface area contributed by atoms with Gasteiger partial charge in [0.25, 0.3) is 10.0 Å². The van der Waals surface area contributed by atoms with Crippen LogP contribution in [0.5, 0.6) is 0 Å². The SMILES string of the molecule is COCCN(CC(C)C)S(=O)(=O)c1[nH]ncc1CCl. The van der Waals surface area contributed by atoms with E-state index in [0.29, 0.717) is 25.3 Å². The van der Waals surface area contributed by atoms with Crippen LogP contribution in [0.15, 0.2) is 11.2 Å². The fourth-order valence-corrected chi connectivity index (χ4v) is 3.63. The number of hydrogen-bond donors (Lipinski definition) is 1. The van der Waals surface area contributed by atoms with Gasteiger partial charge in [-0.25, -0.2) is 8.42 Å². The van der Waals surface area contributed by atoms with Gasteiger partial charge in [0, 0.05) is 25.8 Å². The number of sulfonamides is 1. The largest absolute Gasteiger partial charge is 0.383 e. The van der Waals surface area contributed by atoms with Crippen molar-refractivity contribution in [2.75, 3.05) is 26.8 Å². The Hall–Kier alpha value is -0.630. The topological polar surface area (TPSA) is 75.3 Å². The predicted molar refractivity (Wildman–Crippen MR) is 73.6 cm³/mol. The first-order valence-electron chi connectivity index (χ1n) is 6.00. The van der Waals surface area contributed by atoms with Crippen LogP contribution in [0.4, 0.5) is 0 Å². The summed E-state index contributed by atoms with van der Waals surface area (Å²) in [6, 6.07) is 0. The Labute approximate surface area is 119 Å². The van der Waals surface area contributed by atoms with E-state index in [1.165, 1.54) is 10.5 Å². The minimum absolute atomic E-state index is 0.0688. The molecule has 0 saturated carbocycles. The van der Waals surface area contributed by atoms with E-state index in [-0.39, 0.29) is 16.8 Å². The molecule has 1 aromatic heterocycles. The monoisotopic (exact) mass is 309 g/mol. The number of rotatable bonds is 8. The van der Waals surface area contributed by atoms with Crippen LogP contribution in [0, 0.1) is 5.92 Å². The molecule has 1 aromatic rings. The van der Waals surface area contributed by atoms with Gasteiger partial charge in [0.1, 0.15) is 0 Å². The average molecular weight is 310 g/mol. The number of aromatic nitrogens is 2. The van der Waals surface area contributed by atoms with Crippen molar-refractivity contribution in [2.45, 2.75) is 24.8 Å². The Morgan fingerprint density at radius 2 is 2.21 bits per heavy atom. The highest BCUT2D eigenvalue weighted by atomic mass is 35.5. The van der Waals surface area contributed by atoms with E-state index in [4.69, 9.17) is 16.3 Å². The lowest BCUT2D eigenvalue weighted by Crippen LogP contribution is -2.37. The van der Waals surface area contributed by atoms with Crippen molar-refractivity contribution in [1.82, 2.24) is 14.5 Å². The number of nitrogens with one attached hydrogen (secondary N) is 1. The Balaban J connectivity index is 3.04. The van der Waals surface area contributed by atoms with Crippen molar-refractivity contribution in [3.8, 4) is 0 Å². The molecule has 0 bridgehead atoms. The highest BCUT2D eigenvalue weighted by Gasteiger charge is 2.28. The minimum atomic E-state index is -3.62. The smallest absolute Gasteiger partial charge is 0.260 e. The van der Waals surface area contributed by atoms with Crippen molar-refractivity contribution in [3.05, 3.63) is 11.8 Å². The van der Waals surface area contributed by atoms with Crippen LogP contribution in [0.3, 0.4) is 0 Å². The lowest BCUT2D eigenvalue weighted by atomic mass is 10.2. The van der Waals surface area contributed by atoms with Crippen LogP contribution in [0.2, 0.25) is 0 Å². The maximum Gasteiger partial charge on any atom is 0.260 e. The average Bonchev–Trinajstić information content (AvgIpc) is 2.82. The summed E-state index contributed by atoms with van der Waals surface area (Å²) in [5, 5.41) is 6.35. The van der Waals surface area contributed by atoms with Crippen LogP contribution in [0.25, 0.3) is 0 Å². The summed E-state index contributed by atoms with van der Waals surface area (Å²) in [5.74, 6) is 0.319. The molecule has 19 heavy (non-hydrogen) atoms. The number of halogens is 1. The fraction of sp³-hybridized carbons (Fsp3) is 0.727. The Morgan fingerprint density at radius 3 is 2.74 bits per heavy atom. The molecule has 6 nitrogen and oxygen atoms in total. The molecule has 1 heterocycles. The molecule has 0 amide bonds. The van der Waals surface area contributed by atoms with E-state index in [2.05, 4.69) is 10.2 Å². The molecular weight excluding hydrogens is 290 g/mol. The third-order valence-corrected chi connectivity index (χ3v) is 4.70. The van der Waals surface area contributed by atoms with Crippen LogP contribution >= 0.6 is 11.6 Å². The molecule has 0 aromatic carbocycles. The molecule has 110 valence electrons. The fourth-order valence-electron chi connectivity index (χ4n) is 1.66. The first-order chi connectivity index (χ1) is 8.93. The van der Waals surface area contributed by atoms with Gasteiger partial charge in [0.05, 0.1) is 18.7 Å². The number of nitrogens with zero attached hydrogens (tertiary/aromatic N) is 2. The molecule has 0 aliphatic carbocycles. The van der Waals surface area contributed by atoms with Crippen LogP contribution in [0.1, 0.15) is 19.4 Å². The molecule has 0 saturated heterocycles. The van der Waals surface area contributed by atoms with Crippen LogP contribution < -0.4 is 0 Å². The molecule has 0 aliphatic heterocycles. The summed E-state index contributed by atoms with van der Waals surface area (Å²) in [7, 11) is -2.07. The van der Waals surface area contributed by atoms with Crippen molar-refractivity contribution in [2.24, 2.45) is 5.92 Å². The summed E-state index contributed by atoms with van der Waals surface area (Å²) in [5.41, 5.74) is 0.479. The van der Waals surface area contributed by atoms with Gasteiger partial charge in [-0.1, -0.05) is 13.8 Å². The zero-order valence-corrected chi connectivity index (χ0v) is 13.0. The van der Waals surface area contributed by atoms with Gasteiger partial charge in [-0.15, -0.1) is 11.6 Å². The van der Waals surface area contributed by atoms with Gasteiger partial charge >= 0.3 is 0 Å². The molecule has 1 rings (SSSR count). The first kappa shape index (κ1) is 16.4. The zero-order valence-electron chi connectivity index (χ0n) is 11.4. The van der Waals surface area contributed by atoms with Crippen LogP contribution in [-0.2, 0) is 20.6 Å². The van der Waals surface area contributed by atoms with Gasteiger partial charge in [-0.3, -0.25) is 5.10 Å². The Kier molecular flexibility index (Phi) is 6.25. The van der Waals surface area contributed by atoms with E-state index < -0.39 is 10.0 Å². The molecule has 0 spiro atoms. The van der Waals surface area contributed by atoms with Gasteiger partial charge in [-0.2, -0.15) is 9.40 Å². The second-order valence-electron chi connectivity index (χ2n) is 4.61. The standard InChI is InChI=1S/C11H20ClN3O3S/c1-9(2)8-15(4-5-18-3)19(16,17)11-10(6-12)7-13-14-11/h7,9H,4-6,8H2,1-3H3,(H,13,14).